The largest absolute Gasteiger partial charge is 0.456 e. The van der Waals surface area contributed by atoms with Crippen LogP contribution in [0.4, 0.5) is 15.9 Å². The first-order valence-electron chi connectivity index (χ1n) is 11.1. The van der Waals surface area contributed by atoms with E-state index in [4.69, 9.17) is 10.5 Å². The summed E-state index contributed by atoms with van der Waals surface area (Å²) in [5.74, 6) is -0.747. The maximum absolute atomic E-state index is 14.4. The number of hydrogen-bond acceptors (Lipinski definition) is 4. The van der Waals surface area contributed by atoms with Gasteiger partial charge >= 0.3 is 0 Å². The number of rotatable bonds is 6. The van der Waals surface area contributed by atoms with Gasteiger partial charge in [0.15, 0.2) is 0 Å². The fraction of sp³-hybridized carbons (Fsp3) is 0.385. The van der Waals surface area contributed by atoms with Gasteiger partial charge in [-0.25, -0.2) is 4.39 Å². The number of halogens is 1. The van der Waals surface area contributed by atoms with E-state index in [1.807, 2.05) is 61.5 Å². The van der Waals surface area contributed by atoms with Crippen LogP contribution in [0.2, 0.25) is 0 Å². The van der Waals surface area contributed by atoms with Gasteiger partial charge in [0.2, 0.25) is 0 Å². The number of ether oxygens (including phenoxy) is 1. The lowest BCUT2D eigenvalue weighted by molar-refractivity contribution is 0.0998. The van der Waals surface area contributed by atoms with Crippen LogP contribution >= 0.6 is 0 Å². The van der Waals surface area contributed by atoms with Crippen LogP contribution in [-0.2, 0) is 7.05 Å². The normalized spacial score (nSPS) is 10.2. The summed E-state index contributed by atoms with van der Waals surface area (Å²) in [5, 5.41) is 2.82. The van der Waals surface area contributed by atoms with Crippen molar-refractivity contribution in [2.45, 2.75) is 62.3 Å². The van der Waals surface area contributed by atoms with Crippen molar-refractivity contribution in [2.75, 3.05) is 5.32 Å². The van der Waals surface area contributed by atoms with Crippen molar-refractivity contribution in [1.82, 2.24) is 4.57 Å². The molecule has 0 spiro atoms. The summed E-state index contributed by atoms with van der Waals surface area (Å²) in [6.45, 7) is 17.2. The molecule has 0 saturated carbocycles. The molecule has 33 heavy (non-hydrogen) atoms. The standard InChI is InChI=1S/C22H26FN3O3.2C2H6/c1-7-14(5)20(12(2)3)29-17-11-18(27)26(6)22(19(17)21(24)28)25-16-9-8-13(4)10-15(16)23;2*1-2/h7-11,25H,1-6H3,(H2,24,28);2*1-2H3/b14-7-;;. The van der Waals surface area contributed by atoms with E-state index in [2.05, 4.69) is 5.32 Å². The Morgan fingerprint density at radius 1 is 1.12 bits per heavy atom. The zero-order valence-electron chi connectivity index (χ0n) is 21.5. The second kappa shape index (κ2) is 13.9. The number of nitrogens with one attached hydrogen (secondary N) is 1. The number of pyridine rings is 1. The van der Waals surface area contributed by atoms with E-state index in [1.54, 1.807) is 13.0 Å². The molecular weight excluding hydrogens is 421 g/mol. The predicted octanol–water partition coefficient (Wildman–Crippen LogP) is 6.37. The number of aromatic nitrogens is 1. The maximum Gasteiger partial charge on any atom is 0.256 e. The Balaban J connectivity index is 0.00000242. The summed E-state index contributed by atoms with van der Waals surface area (Å²) in [6, 6.07) is 5.79. The Morgan fingerprint density at radius 2 is 1.70 bits per heavy atom. The van der Waals surface area contributed by atoms with E-state index < -0.39 is 17.3 Å². The van der Waals surface area contributed by atoms with E-state index in [-0.39, 0.29) is 22.8 Å². The minimum Gasteiger partial charge on any atom is -0.456 e. The van der Waals surface area contributed by atoms with Crippen LogP contribution < -0.4 is 21.3 Å². The van der Waals surface area contributed by atoms with Crippen molar-refractivity contribution in [3.63, 3.8) is 0 Å². The van der Waals surface area contributed by atoms with E-state index in [0.717, 1.165) is 16.7 Å². The maximum atomic E-state index is 14.4. The van der Waals surface area contributed by atoms with Gasteiger partial charge in [-0.3, -0.25) is 14.2 Å². The Bertz CT molecular complexity index is 1080. The number of carbonyl (C=O) groups excluding carboxylic acids is 1. The van der Waals surface area contributed by atoms with Crippen LogP contribution in [0.25, 0.3) is 0 Å². The number of carbonyl (C=O) groups is 1. The Kier molecular flexibility index (Phi) is 12.5. The highest BCUT2D eigenvalue weighted by Gasteiger charge is 2.22. The number of hydrogen-bond donors (Lipinski definition) is 2. The summed E-state index contributed by atoms with van der Waals surface area (Å²) in [6.07, 6.45) is 1.86. The molecule has 2 rings (SSSR count). The number of anilines is 2. The minimum atomic E-state index is -0.808. The third kappa shape index (κ3) is 7.63. The molecule has 0 unspecified atom stereocenters. The van der Waals surface area contributed by atoms with E-state index in [0.29, 0.717) is 5.76 Å². The average Bonchev–Trinajstić information content (AvgIpc) is 2.78. The quantitative estimate of drug-likeness (QED) is 0.388. The summed E-state index contributed by atoms with van der Waals surface area (Å²) in [5.41, 5.74) is 7.67. The number of nitrogens with two attached hydrogens (primary N) is 1. The molecule has 6 nitrogen and oxygen atoms in total. The second-order valence-electron chi connectivity index (χ2n) is 7.00. The molecule has 1 aromatic heterocycles. The number of aryl methyl sites for hydroxylation is 1. The first-order valence-corrected chi connectivity index (χ1v) is 11.1. The van der Waals surface area contributed by atoms with Crippen LogP contribution in [0.15, 0.2) is 52.0 Å². The highest BCUT2D eigenvalue weighted by molar-refractivity contribution is 6.01. The summed E-state index contributed by atoms with van der Waals surface area (Å²) >= 11 is 0. The van der Waals surface area contributed by atoms with Crippen molar-refractivity contribution >= 4 is 17.4 Å². The molecular formula is C26H38FN3O3. The van der Waals surface area contributed by atoms with Gasteiger partial charge in [0.25, 0.3) is 11.5 Å². The average molecular weight is 460 g/mol. The molecule has 182 valence electrons. The third-order valence-corrected chi connectivity index (χ3v) is 4.49. The van der Waals surface area contributed by atoms with Crippen LogP contribution in [-0.4, -0.2) is 10.5 Å². The molecule has 1 aromatic carbocycles. The van der Waals surface area contributed by atoms with E-state index >= 15 is 0 Å². The fourth-order valence-corrected chi connectivity index (χ4v) is 2.81. The molecule has 0 aliphatic carbocycles. The lowest BCUT2D eigenvalue weighted by atomic mass is 10.1. The zero-order chi connectivity index (χ0) is 25.9. The SMILES string of the molecule is C/C=C(/C)C(Oc1cc(=O)n(C)c(Nc2ccc(C)cc2F)c1C(N)=O)=C(C)C.CC.CC. The summed E-state index contributed by atoms with van der Waals surface area (Å²) < 4.78 is 21.5. The van der Waals surface area contributed by atoms with Gasteiger partial charge in [-0.2, -0.15) is 0 Å². The van der Waals surface area contributed by atoms with Crippen molar-refractivity contribution in [2.24, 2.45) is 12.8 Å². The van der Waals surface area contributed by atoms with E-state index in [1.165, 1.54) is 29.8 Å². The number of benzene rings is 1. The highest BCUT2D eigenvalue weighted by Crippen LogP contribution is 2.31. The number of nitrogens with zero attached hydrogens (tertiary/aromatic N) is 1. The summed E-state index contributed by atoms with van der Waals surface area (Å²) in [4.78, 5) is 24.8. The molecule has 2 aromatic rings. The van der Waals surface area contributed by atoms with Crippen LogP contribution in [0.3, 0.4) is 0 Å². The molecule has 7 heteroatoms. The number of primary amides is 1. The zero-order valence-corrected chi connectivity index (χ0v) is 21.5. The Morgan fingerprint density at radius 3 is 2.15 bits per heavy atom. The van der Waals surface area contributed by atoms with Gasteiger partial charge in [0.05, 0.1) is 5.69 Å². The molecule has 0 saturated heterocycles. The minimum absolute atomic E-state index is 0.00743. The van der Waals surface area contributed by atoms with Gasteiger partial charge in [-0.05, 0) is 63.5 Å². The molecule has 1 amide bonds. The third-order valence-electron chi connectivity index (χ3n) is 4.49. The molecule has 0 fully saturated rings. The molecule has 0 aliphatic rings. The van der Waals surface area contributed by atoms with Gasteiger partial charge < -0.3 is 15.8 Å². The summed E-state index contributed by atoms with van der Waals surface area (Å²) in [7, 11) is 1.46. The molecule has 0 bridgehead atoms. The lowest BCUT2D eigenvalue weighted by Gasteiger charge is -2.20. The monoisotopic (exact) mass is 459 g/mol. The Hall–Kier alpha value is -3.35. The van der Waals surface area contributed by atoms with Crippen LogP contribution in [0, 0.1) is 12.7 Å². The first-order chi connectivity index (χ1) is 15.6. The molecule has 0 aliphatic heterocycles. The van der Waals surface area contributed by atoms with Gasteiger partial charge in [0, 0.05) is 13.1 Å². The van der Waals surface area contributed by atoms with Crippen molar-refractivity contribution in [3.05, 3.63) is 74.5 Å². The van der Waals surface area contributed by atoms with E-state index in [9.17, 15) is 14.0 Å². The fourth-order valence-electron chi connectivity index (χ4n) is 2.81. The lowest BCUT2D eigenvalue weighted by Crippen LogP contribution is -2.26. The topological polar surface area (TPSA) is 86.3 Å². The van der Waals surface area contributed by atoms with Gasteiger partial charge in [0.1, 0.15) is 28.7 Å². The Labute approximate surface area is 197 Å². The van der Waals surface area contributed by atoms with Crippen LogP contribution in [0.5, 0.6) is 5.75 Å². The smallest absolute Gasteiger partial charge is 0.256 e. The van der Waals surface area contributed by atoms with Gasteiger partial charge in [-0.1, -0.05) is 39.8 Å². The molecule has 0 radical (unpaired) electrons. The van der Waals surface area contributed by atoms with Crippen molar-refractivity contribution in [3.8, 4) is 5.75 Å². The van der Waals surface area contributed by atoms with Crippen molar-refractivity contribution < 1.29 is 13.9 Å². The molecule has 1 heterocycles. The molecule has 3 N–H and O–H groups in total. The molecule has 0 atom stereocenters. The first kappa shape index (κ1) is 29.7. The predicted molar refractivity (Wildman–Crippen MR) is 136 cm³/mol. The van der Waals surface area contributed by atoms with Crippen molar-refractivity contribution in [1.29, 1.82) is 0 Å². The second-order valence-corrected chi connectivity index (χ2v) is 7.00. The number of allylic oxidation sites excluding steroid dienone is 3. The highest BCUT2D eigenvalue weighted by atomic mass is 19.1. The van der Waals surface area contributed by atoms with Gasteiger partial charge in [-0.15, -0.1) is 0 Å². The number of amides is 1. The van der Waals surface area contributed by atoms with Crippen LogP contribution in [0.1, 0.15) is 71.3 Å².